The van der Waals surface area contributed by atoms with Gasteiger partial charge in [-0.05, 0) is 32.4 Å². The van der Waals surface area contributed by atoms with Crippen molar-refractivity contribution in [2.45, 2.75) is 56.9 Å². The summed E-state index contributed by atoms with van der Waals surface area (Å²) < 4.78 is 0. The second kappa shape index (κ2) is 6.77. The van der Waals surface area contributed by atoms with Crippen molar-refractivity contribution in [2.75, 3.05) is 12.9 Å². The predicted octanol–water partition coefficient (Wildman–Crippen LogP) is 2.27. The second-order valence-corrected chi connectivity index (χ2v) is 5.92. The van der Waals surface area contributed by atoms with Gasteiger partial charge in [-0.15, -0.1) is 0 Å². The maximum absolute atomic E-state index is 9.19. The van der Waals surface area contributed by atoms with Gasteiger partial charge in [-0.3, -0.25) is 0 Å². The molecule has 1 fully saturated rings. The summed E-state index contributed by atoms with van der Waals surface area (Å²) in [7, 11) is 0. The third-order valence-electron chi connectivity index (χ3n) is 3.50. The lowest BCUT2D eigenvalue weighted by Crippen LogP contribution is -2.43. The predicted molar refractivity (Wildman–Crippen MR) is 68.4 cm³/mol. The molecule has 0 aromatic rings. The van der Waals surface area contributed by atoms with Crippen LogP contribution in [0.5, 0.6) is 0 Å². The van der Waals surface area contributed by atoms with E-state index in [-0.39, 0.29) is 6.61 Å². The van der Waals surface area contributed by atoms with E-state index in [1.807, 2.05) is 0 Å². The molecule has 2 nitrogen and oxygen atoms in total. The zero-order valence-corrected chi connectivity index (χ0v) is 11.0. The highest BCUT2D eigenvalue weighted by atomic mass is 32.2. The Labute approximate surface area is 98.2 Å². The van der Waals surface area contributed by atoms with Crippen molar-refractivity contribution in [3.63, 3.8) is 0 Å². The van der Waals surface area contributed by atoms with Crippen LogP contribution >= 0.6 is 11.8 Å². The molecular formula is C12H25NOS. The maximum atomic E-state index is 9.19. The molecule has 0 aliphatic heterocycles. The highest BCUT2D eigenvalue weighted by Gasteiger charge is 2.22. The number of hydrogen-bond donors (Lipinski definition) is 2. The summed E-state index contributed by atoms with van der Waals surface area (Å²) in [5.41, 5.74) is 0. The van der Waals surface area contributed by atoms with Gasteiger partial charge in [-0.2, -0.15) is 11.8 Å². The molecular weight excluding hydrogens is 206 g/mol. The minimum Gasteiger partial charge on any atom is -0.395 e. The summed E-state index contributed by atoms with van der Waals surface area (Å²) >= 11 is 1.75. The Morgan fingerprint density at radius 3 is 2.47 bits per heavy atom. The Morgan fingerprint density at radius 2 is 2.07 bits per heavy atom. The Morgan fingerprint density at radius 1 is 1.40 bits per heavy atom. The SMILES string of the molecule is CSC(CO)C(C)NC(C)CC1CCC1. The fourth-order valence-electron chi connectivity index (χ4n) is 2.29. The van der Waals surface area contributed by atoms with E-state index in [0.717, 1.165) is 5.92 Å². The van der Waals surface area contributed by atoms with E-state index >= 15 is 0 Å². The van der Waals surface area contributed by atoms with Crippen LogP contribution in [0.3, 0.4) is 0 Å². The molecule has 3 atom stereocenters. The van der Waals surface area contributed by atoms with E-state index in [1.54, 1.807) is 11.8 Å². The Hall–Kier alpha value is 0.270. The average molecular weight is 231 g/mol. The maximum Gasteiger partial charge on any atom is 0.0564 e. The van der Waals surface area contributed by atoms with Gasteiger partial charge in [0.1, 0.15) is 0 Å². The lowest BCUT2D eigenvalue weighted by Gasteiger charge is -2.31. The standard InChI is InChI=1S/C12H25NOS/c1-9(7-11-5-4-6-11)13-10(2)12(8-14)15-3/h9-14H,4-8H2,1-3H3. The number of aliphatic hydroxyl groups is 1. The van der Waals surface area contributed by atoms with E-state index < -0.39 is 0 Å². The molecule has 0 aromatic carbocycles. The molecule has 2 N–H and O–H groups in total. The van der Waals surface area contributed by atoms with Crippen LogP contribution in [0.15, 0.2) is 0 Å². The molecule has 0 spiro atoms. The molecule has 90 valence electrons. The third kappa shape index (κ3) is 4.33. The highest BCUT2D eigenvalue weighted by Crippen LogP contribution is 2.30. The molecule has 0 saturated heterocycles. The van der Waals surface area contributed by atoms with Gasteiger partial charge in [0.2, 0.25) is 0 Å². The molecule has 15 heavy (non-hydrogen) atoms. The largest absolute Gasteiger partial charge is 0.395 e. The zero-order chi connectivity index (χ0) is 11.3. The smallest absolute Gasteiger partial charge is 0.0564 e. The lowest BCUT2D eigenvalue weighted by molar-refractivity contribution is 0.242. The van der Waals surface area contributed by atoms with Crippen LogP contribution in [0.2, 0.25) is 0 Å². The first-order valence-electron chi connectivity index (χ1n) is 6.07. The van der Waals surface area contributed by atoms with E-state index in [0.29, 0.717) is 17.3 Å². The molecule has 1 saturated carbocycles. The van der Waals surface area contributed by atoms with E-state index in [2.05, 4.69) is 25.4 Å². The van der Waals surface area contributed by atoms with Gasteiger partial charge < -0.3 is 10.4 Å². The molecule has 0 radical (unpaired) electrons. The van der Waals surface area contributed by atoms with Crippen LogP contribution in [0.4, 0.5) is 0 Å². The van der Waals surface area contributed by atoms with E-state index in [1.165, 1.54) is 25.7 Å². The monoisotopic (exact) mass is 231 g/mol. The second-order valence-electron chi connectivity index (χ2n) is 4.85. The van der Waals surface area contributed by atoms with E-state index in [9.17, 15) is 5.11 Å². The van der Waals surface area contributed by atoms with Gasteiger partial charge in [0.05, 0.1) is 6.61 Å². The van der Waals surface area contributed by atoms with Crippen LogP contribution in [0, 0.1) is 5.92 Å². The number of thioether (sulfide) groups is 1. The average Bonchev–Trinajstić information content (AvgIpc) is 2.13. The summed E-state index contributed by atoms with van der Waals surface area (Å²) in [5, 5.41) is 13.1. The van der Waals surface area contributed by atoms with Crippen molar-refractivity contribution in [3.05, 3.63) is 0 Å². The molecule has 0 amide bonds. The number of rotatable bonds is 7. The van der Waals surface area contributed by atoms with Crippen LogP contribution in [-0.2, 0) is 0 Å². The molecule has 0 bridgehead atoms. The van der Waals surface area contributed by atoms with Gasteiger partial charge in [-0.1, -0.05) is 19.3 Å². The van der Waals surface area contributed by atoms with Gasteiger partial charge in [-0.25, -0.2) is 0 Å². The first-order chi connectivity index (χ1) is 7.17. The molecule has 0 aromatic heterocycles. The molecule has 3 heteroatoms. The van der Waals surface area contributed by atoms with Crippen LogP contribution in [0.25, 0.3) is 0 Å². The molecule has 1 aliphatic carbocycles. The van der Waals surface area contributed by atoms with Crippen molar-refractivity contribution >= 4 is 11.8 Å². The van der Waals surface area contributed by atoms with Gasteiger partial charge in [0.15, 0.2) is 0 Å². The number of nitrogens with one attached hydrogen (secondary N) is 1. The summed E-state index contributed by atoms with van der Waals surface area (Å²) in [6.07, 6.45) is 7.64. The van der Waals surface area contributed by atoms with Crippen molar-refractivity contribution in [3.8, 4) is 0 Å². The summed E-state index contributed by atoms with van der Waals surface area (Å²) in [4.78, 5) is 0. The van der Waals surface area contributed by atoms with Crippen molar-refractivity contribution in [2.24, 2.45) is 5.92 Å². The van der Waals surface area contributed by atoms with Crippen LogP contribution in [-0.4, -0.2) is 35.3 Å². The quantitative estimate of drug-likeness (QED) is 0.705. The minimum atomic E-state index is 0.269. The highest BCUT2D eigenvalue weighted by molar-refractivity contribution is 7.99. The third-order valence-corrected chi connectivity index (χ3v) is 4.66. The lowest BCUT2D eigenvalue weighted by atomic mass is 9.81. The van der Waals surface area contributed by atoms with Crippen molar-refractivity contribution in [1.82, 2.24) is 5.32 Å². The topological polar surface area (TPSA) is 32.3 Å². The van der Waals surface area contributed by atoms with Crippen LogP contribution in [0.1, 0.15) is 39.5 Å². The molecule has 1 aliphatic rings. The fourth-order valence-corrected chi connectivity index (χ4v) is 2.93. The van der Waals surface area contributed by atoms with E-state index in [4.69, 9.17) is 0 Å². The van der Waals surface area contributed by atoms with Gasteiger partial charge >= 0.3 is 0 Å². The van der Waals surface area contributed by atoms with Crippen molar-refractivity contribution < 1.29 is 5.11 Å². The van der Waals surface area contributed by atoms with Crippen LogP contribution < -0.4 is 5.32 Å². The Bertz CT molecular complexity index is 169. The zero-order valence-electron chi connectivity index (χ0n) is 10.2. The fraction of sp³-hybridized carbons (Fsp3) is 1.00. The summed E-state index contributed by atoms with van der Waals surface area (Å²) in [6.45, 7) is 4.71. The van der Waals surface area contributed by atoms with Gasteiger partial charge in [0.25, 0.3) is 0 Å². The van der Waals surface area contributed by atoms with Crippen molar-refractivity contribution in [1.29, 1.82) is 0 Å². The molecule has 1 rings (SSSR count). The summed E-state index contributed by atoms with van der Waals surface area (Å²) in [6, 6.07) is 0.992. The summed E-state index contributed by atoms with van der Waals surface area (Å²) in [5.74, 6) is 0.960. The Balaban J connectivity index is 2.19. The Kier molecular flexibility index (Phi) is 6.02. The number of hydrogen-bond acceptors (Lipinski definition) is 3. The normalized spacial score (nSPS) is 23.2. The molecule has 3 unspecified atom stereocenters. The number of aliphatic hydroxyl groups excluding tert-OH is 1. The first-order valence-corrected chi connectivity index (χ1v) is 7.35. The minimum absolute atomic E-state index is 0.269. The first kappa shape index (κ1) is 13.3. The van der Waals surface area contributed by atoms with Gasteiger partial charge in [0, 0.05) is 17.3 Å². The molecule has 0 heterocycles.